The molecule has 1 saturated heterocycles. The van der Waals surface area contributed by atoms with Crippen LogP contribution >= 0.6 is 0 Å². The Morgan fingerprint density at radius 2 is 2.06 bits per heavy atom. The number of carbonyl (C=O) groups is 2. The van der Waals surface area contributed by atoms with Crippen LogP contribution < -0.4 is 10.6 Å². The van der Waals surface area contributed by atoms with Crippen LogP contribution in [0.1, 0.15) is 27.2 Å². The number of carboxylic acids is 1. The van der Waals surface area contributed by atoms with E-state index in [1.807, 2.05) is 0 Å². The van der Waals surface area contributed by atoms with Crippen molar-refractivity contribution in [3.63, 3.8) is 0 Å². The van der Waals surface area contributed by atoms with Crippen LogP contribution in [0.3, 0.4) is 0 Å². The van der Waals surface area contributed by atoms with E-state index in [0.29, 0.717) is 13.2 Å². The molecular formula is C11H20N2O4. The maximum Gasteiger partial charge on any atom is 0.326 e. The molecule has 0 spiro atoms. The molecule has 0 radical (unpaired) electrons. The van der Waals surface area contributed by atoms with E-state index in [-0.39, 0.29) is 6.04 Å². The molecule has 1 fully saturated rings. The standard InChI is InChI=1S/C11H20N2O4/c1-11(2,3)8(9(14)15)13-10(16)12-7-4-5-17-6-7/h7-8H,4-6H2,1-3H3,(H,14,15)(H2,12,13,16)/t7?,8-/m0/s1. The largest absolute Gasteiger partial charge is 0.480 e. The first-order chi connectivity index (χ1) is 7.80. The maximum atomic E-state index is 11.6. The van der Waals surface area contributed by atoms with Gasteiger partial charge in [-0.1, -0.05) is 20.8 Å². The molecule has 1 aliphatic rings. The van der Waals surface area contributed by atoms with E-state index in [0.717, 1.165) is 6.42 Å². The number of carboxylic acid groups (broad SMARTS) is 1. The molecule has 0 saturated carbocycles. The highest BCUT2D eigenvalue weighted by Gasteiger charge is 2.33. The fourth-order valence-electron chi connectivity index (χ4n) is 1.66. The van der Waals surface area contributed by atoms with Crippen molar-refractivity contribution < 1.29 is 19.4 Å². The lowest BCUT2D eigenvalue weighted by Crippen LogP contribution is -2.54. The Kier molecular flexibility index (Phi) is 4.34. The number of rotatable bonds is 3. The van der Waals surface area contributed by atoms with Crippen LogP contribution in [0.2, 0.25) is 0 Å². The Bertz CT molecular complexity index is 292. The zero-order valence-electron chi connectivity index (χ0n) is 10.4. The van der Waals surface area contributed by atoms with Crippen molar-refractivity contribution in [2.45, 2.75) is 39.3 Å². The SMILES string of the molecule is CC(C)(C)[C@@H](NC(=O)NC1CCOC1)C(=O)O. The Morgan fingerprint density at radius 3 is 2.47 bits per heavy atom. The molecule has 0 bridgehead atoms. The van der Waals surface area contributed by atoms with Crippen molar-refractivity contribution in [2.75, 3.05) is 13.2 Å². The molecule has 0 aromatic heterocycles. The van der Waals surface area contributed by atoms with Gasteiger partial charge in [-0.2, -0.15) is 0 Å². The summed E-state index contributed by atoms with van der Waals surface area (Å²) in [7, 11) is 0. The minimum atomic E-state index is -1.03. The van der Waals surface area contributed by atoms with Crippen LogP contribution in [-0.2, 0) is 9.53 Å². The van der Waals surface area contributed by atoms with Crippen LogP contribution in [0.4, 0.5) is 4.79 Å². The van der Waals surface area contributed by atoms with Gasteiger partial charge in [-0.15, -0.1) is 0 Å². The van der Waals surface area contributed by atoms with Crippen LogP contribution in [0, 0.1) is 5.41 Å². The second-order valence-corrected chi connectivity index (χ2v) is 5.32. The fourth-order valence-corrected chi connectivity index (χ4v) is 1.66. The average Bonchev–Trinajstić information content (AvgIpc) is 2.64. The predicted octanol–water partition coefficient (Wildman–Crippen LogP) is 0.574. The number of aliphatic carboxylic acids is 1. The molecule has 0 aliphatic carbocycles. The van der Waals surface area contributed by atoms with Gasteiger partial charge in [0.1, 0.15) is 6.04 Å². The van der Waals surface area contributed by atoms with Crippen molar-refractivity contribution >= 4 is 12.0 Å². The lowest BCUT2D eigenvalue weighted by molar-refractivity contribution is -0.141. The van der Waals surface area contributed by atoms with Gasteiger partial charge < -0.3 is 20.5 Å². The molecule has 1 aliphatic heterocycles. The first kappa shape index (κ1) is 13.8. The number of hydrogen-bond acceptors (Lipinski definition) is 3. The number of ether oxygens (including phenoxy) is 1. The molecule has 0 aromatic carbocycles. The van der Waals surface area contributed by atoms with Gasteiger partial charge in [0.25, 0.3) is 0 Å². The van der Waals surface area contributed by atoms with Gasteiger partial charge in [-0.25, -0.2) is 9.59 Å². The molecule has 2 atom stereocenters. The highest BCUT2D eigenvalue weighted by molar-refractivity contribution is 5.83. The smallest absolute Gasteiger partial charge is 0.326 e. The molecule has 0 aromatic rings. The first-order valence-electron chi connectivity index (χ1n) is 5.68. The first-order valence-corrected chi connectivity index (χ1v) is 5.68. The summed E-state index contributed by atoms with van der Waals surface area (Å²) in [6, 6.07) is -1.39. The Hall–Kier alpha value is -1.30. The van der Waals surface area contributed by atoms with Gasteiger partial charge in [0.2, 0.25) is 0 Å². The van der Waals surface area contributed by atoms with E-state index < -0.39 is 23.5 Å². The van der Waals surface area contributed by atoms with Crippen LogP contribution in [0.25, 0.3) is 0 Å². The van der Waals surface area contributed by atoms with Crippen LogP contribution in [0.15, 0.2) is 0 Å². The van der Waals surface area contributed by atoms with Gasteiger partial charge in [0.15, 0.2) is 0 Å². The van der Waals surface area contributed by atoms with Crippen LogP contribution in [-0.4, -0.2) is 42.4 Å². The summed E-state index contributed by atoms with van der Waals surface area (Å²) in [6.45, 7) is 6.42. The average molecular weight is 244 g/mol. The Labute approximate surface area is 101 Å². The molecule has 17 heavy (non-hydrogen) atoms. The molecular weight excluding hydrogens is 224 g/mol. The number of amides is 2. The molecule has 1 unspecified atom stereocenters. The van der Waals surface area contributed by atoms with Gasteiger partial charge in [0.05, 0.1) is 12.6 Å². The van der Waals surface area contributed by atoms with E-state index in [9.17, 15) is 9.59 Å². The Morgan fingerprint density at radius 1 is 1.41 bits per heavy atom. The summed E-state index contributed by atoms with van der Waals surface area (Å²) < 4.78 is 5.12. The minimum Gasteiger partial charge on any atom is -0.480 e. The summed E-state index contributed by atoms with van der Waals surface area (Å²) in [5.41, 5.74) is -0.532. The molecule has 1 heterocycles. The quantitative estimate of drug-likeness (QED) is 0.677. The highest BCUT2D eigenvalue weighted by Crippen LogP contribution is 2.19. The van der Waals surface area contributed by atoms with Crippen molar-refractivity contribution in [2.24, 2.45) is 5.41 Å². The molecule has 98 valence electrons. The van der Waals surface area contributed by atoms with E-state index in [2.05, 4.69) is 10.6 Å². The van der Waals surface area contributed by atoms with E-state index >= 15 is 0 Å². The molecule has 2 amide bonds. The van der Waals surface area contributed by atoms with Crippen molar-refractivity contribution in [1.29, 1.82) is 0 Å². The third-order valence-electron chi connectivity index (χ3n) is 2.65. The van der Waals surface area contributed by atoms with Crippen molar-refractivity contribution in [1.82, 2.24) is 10.6 Å². The number of nitrogens with one attached hydrogen (secondary N) is 2. The number of hydrogen-bond donors (Lipinski definition) is 3. The minimum absolute atomic E-state index is 0.0237. The molecule has 3 N–H and O–H groups in total. The Balaban J connectivity index is 2.49. The van der Waals surface area contributed by atoms with Gasteiger partial charge >= 0.3 is 12.0 Å². The maximum absolute atomic E-state index is 11.6. The third-order valence-corrected chi connectivity index (χ3v) is 2.65. The predicted molar refractivity (Wildman–Crippen MR) is 61.8 cm³/mol. The third kappa shape index (κ3) is 4.22. The fraction of sp³-hybridized carbons (Fsp3) is 0.818. The van der Waals surface area contributed by atoms with E-state index in [1.54, 1.807) is 20.8 Å². The normalized spacial score (nSPS) is 21.9. The monoisotopic (exact) mass is 244 g/mol. The second kappa shape index (κ2) is 5.35. The molecule has 1 rings (SSSR count). The van der Waals surface area contributed by atoms with Crippen molar-refractivity contribution in [3.8, 4) is 0 Å². The van der Waals surface area contributed by atoms with E-state index in [4.69, 9.17) is 9.84 Å². The van der Waals surface area contributed by atoms with Crippen LogP contribution in [0.5, 0.6) is 0 Å². The number of carbonyl (C=O) groups excluding carboxylic acids is 1. The lowest BCUT2D eigenvalue weighted by Gasteiger charge is -2.28. The van der Waals surface area contributed by atoms with Gasteiger partial charge in [-0.3, -0.25) is 0 Å². The highest BCUT2D eigenvalue weighted by atomic mass is 16.5. The number of urea groups is 1. The lowest BCUT2D eigenvalue weighted by atomic mass is 9.87. The summed E-state index contributed by atoms with van der Waals surface area (Å²) in [6.07, 6.45) is 0.765. The molecule has 6 heteroatoms. The summed E-state index contributed by atoms with van der Waals surface area (Å²) in [5, 5.41) is 14.2. The second-order valence-electron chi connectivity index (χ2n) is 5.32. The van der Waals surface area contributed by atoms with Gasteiger partial charge in [0, 0.05) is 6.61 Å². The summed E-state index contributed by atoms with van der Waals surface area (Å²) >= 11 is 0. The zero-order valence-corrected chi connectivity index (χ0v) is 10.4. The van der Waals surface area contributed by atoms with Crippen molar-refractivity contribution in [3.05, 3.63) is 0 Å². The zero-order chi connectivity index (χ0) is 13.1. The topological polar surface area (TPSA) is 87.7 Å². The van der Waals surface area contributed by atoms with E-state index in [1.165, 1.54) is 0 Å². The summed E-state index contributed by atoms with van der Waals surface area (Å²) in [4.78, 5) is 22.7. The summed E-state index contributed by atoms with van der Waals surface area (Å²) in [5.74, 6) is -1.03. The molecule has 6 nitrogen and oxygen atoms in total. The van der Waals surface area contributed by atoms with Gasteiger partial charge in [-0.05, 0) is 11.8 Å².